The fourth-order valence-electron chi connectivity index (χ4n) is 17.1. The van der Waals surface area contributed by atoms with Crippen LogP contribution in [0.25, 0.3) is 115 Å². The molecule has 109 heavy (non-hydrogen) atoms. The van der Waals surface area contributed by atoms with Crippen LogP contribution >= 0.6 is 0 Å². The zero-order chi connectivity index (χ0) is 75.2. The van der Waals surface area contributed by atoms with E-state index in [-0.39, 0.29) is 28.4 Å². The molecule has 16 aromatic rings. The average Bonchev–Trinajstić information content (AvgIpc) is 1.24. The van der Waals surface area contributed by atoms with E-state index < -0.39 is 0 Å². The van der Waals surface area contributed by atoms with Gasteiger partial charge in [-0.1, -0.05) is 277 Å². The van der Waals surface area contributed by atoms with E-state index in [1.165, 1.54) is 60.2 Å². The molecule has 0 unspecified atom stereocenters. The van der Waals surface area contributed by atoms with Crippen molar-refractivity contribution in [1.29, 1.82) is 5.26 Å². The summed E-state index contributed by atoms with van der Waals surface area (Å²) in [5, 5.41) is 15.3. The van der Waals surface area contributed by atoms with Gasteiger partial charge in [0.25, 0.3) is 6.71 Å². The van der Waals surface area contributed by atoms with Gasteiger partial charge in [-0.05, 0) is 208 Å². The van der Waals surface area contributed by atoms with E-state index in [0.29, 0.717) is 11.3 Å². The zero-order valence-electron chi connectivity index (χ0n) is 64.1. The van der Waals surface area contributed by atoms with Crippen LogP contribution in [0.5, 0.6) is 0 Å². The molecular weight excluding hydrogens is 1320 g/mol. The van der Waals surface area contributed by atoms with Gasteiger partial charge in [0.1, 0.15) is 0 Å². The van der Waals surface area contributed by atoms with Gasteiger partial charge in [-0.2, -0.15) is 5.26 Å². The summed E-state index contributed by atoms with van der Waals surface area (Å²) in [6.45, 7) is 35.9. The third-order valence-electron chi connectivity index (χ3n) is 22.9. The summed E-state index contributed by atoms with van der Waals surface area (Å²) in [6, 6.07) is 113. The summed E-state index contributed by atoms with van der Waals surface area (Å²) < 4.78 is 4.94. The minimum absolute atomic E-state index is 0.193. The molecular formula is C102H85BN6. The van der Waals surface area contributed by atoms with Crippen LogP contribution in [0.4, 0.5) is 39.8 Å². The molecule has 2 aromatic heterocycles. The highest BCUT2D eigenvalue weighted by atomic mass is 15.2. The number of hydrogen-bond donors (Lipinski definition) is 0. The number of para-hydroxylation sites is 4. The van der Waals surface area contributed by atoms with Crippen LogP contribution in [-0.2, 0) is 21.7 Å². The molecule has 0 saturated carbocycles. The predicted molar refractivity (Wildman–Crippen MR) is 462 cm³/mol. The maximum Gasteiger partial charge on any atom is 0.252 e. The molecule has 2 aliphatic heterocycles. The van der Waals surface area contributed by atoms with Crippen LogP contribution in [0.15, 0.2) is 297 Å². The van der Waals surface area contributed by atoms with Crippen molar-refractivity contribution in [2.45, 2.75) is 105 Å². The van der Waals surface area contributed by atoms with Crippen molar-refractivity contribution in [2.24, 2.45) is 0 Å². The second-order valence-corrected chi connectivity index (χ2v) is 34.0. The normalized spacial score (nSPS) is 12.9. The van der Waals surface area contributed by atoms with E-state index in [2.05, 4.69) is 374 Å². The van der Waals surface area contributed by atoms with Gasteiger partial charge in [-0.3, -0.25) is 0 Å². The molecule has 0 fully saturated rings. The molecule has 0 bridgehead atoms. The predicted octanol–water partition coefficient (Wildman–Crippen LogP) is 25.9. The van der Waals surface area contributed by atoms with Crippen LogP contribution in [0, 0.1) is 17.9 Å². The van der Waals surface area contributed by atoms with Crippen molar-refractivity contribution in [1.82, 2.24) is 9.13 Å². The zero-order valence-corrected chi connectivity index (χ0v) is 64.1. The largest absolute Gasteiger partial charge is 0.311 e. The van der Waals surface area contributed by atoms with Gasteiger partial charge < -0.3 is 18.9 Å². The van der Waals surface area contributed by atoms with Crippen molar-refractivity contribution < 1.29 is 0 Å². The highest BCUT2D eigenvalue weighted by Crippen LogP contribution is 2.53. The Morgan fingerprint density at radius 1 is 0.303 bits per heavy atom. The molecule has 526 valence electrons. The molecule has 0 N–H and O–H groups in total. The van der Waals surface area contributed by atoms with E-state index in [1.54, 1.807) is 0 Å². The van der Waals surface area contributed by atoms with Crippen LogP contribution < -0.4 is 26.2 Å². The molecule has 0 radical (unpaired) electrons. The lowest BCUT2D eigenvalue weighted by Crippen LogP contribution is -2.61. The molecule has 0 atom stereocenters. The molecule has 14 aromatic carbocycles. The summed E-state index contributed by atoms with van der Waals surface area (Å²) >= 11 is 0. The van der Waals surface area contributed by atoms with E-state index in [0.717, 1.165) is 123 Å². The molecule has 6 nitrogen and oxygen atoms in total. The number of hydrogen-bond acceptors (Lipinski definition) is 3. The van der Waals surface area contributed by atoms with Crippen molar-refractivity contribution in [3.63, 3.8) is 0 Å². The summed E-state index contributed by atoms with van der Waals surface area (Å²) in [4.78, 5) is 9.23. The molecule has 18 rings (SSSR count). The Balaban J connectivity index is 1.01. The van der Waals surface area contributed by atoms with Crippen molar-refractivity contribution in [3.05, 3.63) is 336 Å². The van der Waals surface area contributed by atoms with E-state index in [1.807, 2.05) is 36.4 Å². The second-order valence-electron chi connectivity index (χ2n) is 34.0. The van der Waals surface area contributed by atoms with Crippen LogP contribution in [0.1, 0.15) is 111 Å². The SMILES string of the molecule is [C-]#[N+]c1cccc(-c2ccc(N3c4cc(-n5c6ccccc6c6ccccc65)ccc4B4c5ccc(-n6c7ccccc7c7ccccc76)cc5N(c5ccc(-c6cccc(C#N)c6)cc5-c5cc(C(C)(C)C)cc(C(C)(C)C)c5)c5cc(-c6ccccc6)cc3c54)c(-c3cc(C(C)(C)C)cc(C(C)(C)C)c3)c2)c1. The number of aromatic nitrogens is 2. The number of nitrogens with zero attached hydrogens (tertiary/aromatic N) is 6. The van der Waals surface area contributed by atoms with Gasteiger partial charge in [0, 0.05) is 66.8 Å². The summed E-state index contributed by atoms with van der Waals surface area (Å²) in [5.41, 5.74) is 32.5. The minimum atomic E-state index is -0.296. The van der Waals surface area contributed by atoms with Gasteiger partial charge in [-0.15, -0.1) is 0 Å². The van der Waals surface area contributed by atoms with Crippen molar-refractivity contribution >= 4 is 107 Å². The summed E-state index contributed by atoms with van der Waals surface area (Å²) in [5.74, 6) is 0. The quantitative estimate of drug-likeness (QED) is 0.107. The van der Waals surface area contributed by atoms with Crippen LogP contribution in [0.2, 0.25) is 0 Å². The Hall–Kier alpha value is -12.7. The van der Waals surface area contributed by atoms with Crippen molar-refractivity contribution in [2.75, 3.05) is 9.80 Å². The summed E-state index contributed by atoms with van der Waals surface area (Å²) in [7, 11) is 0. The van der Waals surface area contributed by atoms with Crippen LogP contribution in [-0.4, -0.2) is 15.8 Å². The fraction of sp³-hybridized carbons (Fsp3) is 0.157. The number of benzene rings is 14. The maximum atomic E-state index is 10.5. The molecule has 0 amide bonds. The number of fused-ring (bicyclic) bond motifs is 10. The van der Waals surface area contributed by atoms with Gasteiger partial charge in [0.2, 0.25) is 0 Å². The Labute approximate surface area is 641 Å². The first-order valence-electron chi connectivity index (χ1n) is 38.2. The molecule has 2 aliphatic rings. The highest BCUT2D eigenvalue weighted by molar-refractivity contribution is 7.00. The number of anilines is 6. The van der Waals surface area contributed by atoms with E-state index >= 15 is 0 Å². The fourth-order valence-corrected chi connectivity index (χ4v) is 17.1. The first-order chi connectivity index (χ1) is 52.5. The maximum absolute atomic E-state index is 10.5. The lowest BCUT2D eigenvalue weighted by Gasteiger charge is -2.45. The Morgan fingerprint density at radius 2 is 0.679 bits per heavy atom. The Kier molecular flexibility index (Phi) is 16.0. The highest BCUT2D eigenvalue weighted by Gasteiger charge is 2.45. The summed E-state index contributed by atoms with van der Waals surface area (Å²) in [6.07, 6.45) is 0. The lowest BCUT2D eigenvalue weighted by atomic mass is 9.33. The number of rotatable bonds is 9. The molecule has 0 spiro atoms. The monoisotopic (exact) mass is 1400 g/mol. The van der Waals surface area contributed by atoms with Gasteiger partial charge in [0.15, 0.2) is 5.69 Å². The number of nitriles is 1. The van der Waals surface area contributed by atoms with Gasteiger partial charge in [0.05, 0.1) is 51.6 Å². The van der Waals surface area contributed by atoms with E-state index in [4.69, 9.17) is 6.57 Å². The minimum Gasteiger partial charge on any atom is -0.311 e. The first-order valence-corrected chi connectivity index (χ1v) is 38.2. The van der Waals surface area contributed by atoms with Crippen molar-refractivity contribution in [3.8, 4) is 73.1 Å². The van der Waals surface area contributed by atoms with Gasteiger partial charge in [-0.25, -0.2) is 4.85 Å². The molecule has 7 heteroatoms. The third-order valence-corrected chi connectivity index (χ3v) is 22.9. The van der Waals surface area contributed by atoms with Gasteiger partial charge >= 0.3 is 0 Å². The first kappa shape index (κ1) is 68.2. The molecule has 4 heterocycles. The Bertz CT molecular complexity index is 5980. The second kappa shape index (κ2) is 25.5. The topological polar surface area (TPSA) is 44.5 Å². The average molecular weight is 1410 g/mol. The van der Waals surface area contributed by atoms with E-state index in [9.17, 15) is 5.26 Å². The molecule has 0 aliphatic carbocycles. The van der Waals surface area contributed by atoms with Crippen LogP contribution in [0.3, 0.4) is 0 Å². The Morgan fingerprint density at radius 3 is 1.08 bits per heavy atom. The smallest absolute Gasteiger partial charge is 0.252 e. The molecule has 0 saturated heterocycles. The lowest BCUT2D eigenvalue weighted by molar-refractivity contribution is 0.568. The standard InChI is InChI=1S/C102H85BN6/c1-99(2,3)73-50-71(51-74(59-73)100(4,5)6)84-55-68(66-30-25-27-64(49-66)63-104)41-47-92(84)108-94-61-78(106-88-37-21-17-33-80(88)81-34-18-22-38-89(81)106)43-45-86(94)103-87-46-44-79(107-90-39-23-19-35-82(90)83-36-20-24-40-91(83)107)62-95(87)109(97-58-70(57-96(108)98(97)103)65-28-15-14-16-29-65)93-48-42-69(67-31-26-32-77(54-67)105-13)56-85(93)72-52-75(101(7,8)9)60-76(53-72)102(10,11)12/h14-62H,1-12H3. The third kappa shape index (κ3) is 11.6.